The maximum atomic E-state index is 13.5. The number of amides is 1. The largest absolute Gasteiger partial charge is 0.491 e. The Labute approximate surface area is 152 Å². The van der Waals surface area contributed by atoms with Crippen molar-refractivity contribution >= 4 is 21.8 Å². The molecule has 0 bridgehead atoms. The molecule has 1 aromatic heterocycles. The maximum Gasteiger partial charge on any atom is 0.269 e. The first-order valence-electron chi connectivity index (χ1n) is 8.21. The van der Waals surface area contributed by atoms with E-state index in [1.54, 1.807) is 0 Å². The minimum atomic E-state index is -0.816. The zero-order valence-corrected chi connectivity index (χ0v) is 15.1. The fourth-order valence-corrected chi connectivity index (χ4v) is 3.84. The minimum Gasteiger partial charge on any atom is -0.491 e. The van der Waals surface area contributed by atoms with Gasteiger partial charge in [-0.1, -0.05) is 15.9 Å². The van der Waals surface area contributed by atoms with Crippen LogP contribution in [0.4, 0.5) is 4.39 Å². The summed E-state index contributed by atoms with van der Waals surface area (Å²) in [6.07, 6.45) is -0.297. The predicted molar refractivity (Wildman–Crippen MR) is 94.2 cm³/mol. The molecule has 2 N–H and O–H groups in total. The zero-order chi connectivity index (χ0) is 17.6. The molecule has 8 heteroatoms. The highest BCUT2D eigenvalue weighted by atomic mass is 79.9. The number of ether oxygens (including phenoxy) is 1. The molecule has 1 fully saturated rings. The zero-order valence-electron chi connectivity index (χ0n) is 13.5. The van der Waals surface area contributed by atoms with Crippen LogP contribution in [0.3, 0.4) is 0 Å². The van der Waals surface area contributed by atoms with E-state index in [1.165, 1.54) is 0 Å². The molecule has 3 heterocycles. The van der Waals surface area contributed by atoms with Crippen LogP contribution >= 0.6 is 15.9 Å². The Kier molecular flexibility index (Phi) is 4.24. The molecule has 132 valence electrons. The van der Waals surface area contributed by atoms with Gasteiger partial charge < -0.3 is 15.0 Å². The summed E-state index contributed by atoms with van der Waals surface area (Å²) in [5.41, 5.74) is 7.36. The minimum absolute atomic E-state index is 0.255. The van der Waals surface area contributed by atoms with E-state index in [4.69, 9.17) is 10.5 Å². The number of hydrogen-bond acceptors (Lipinski definition) is 4. The molecule has 1 amide bonds. The van der Waals surface area contributed by atoms with Gasteiger partial charge in [0, 0.05) is 24.1 Å². The summed E-state index contributed by atoms with van der Waals surface area (Å²) in [6, 6.07) is 5.70. The van der Waals surface area contributed by atoms with E-state index in [1.807, 2.05) is 27.7 Å². The molecule has 0 spiro atoms. The van der Waals surface area contributed by atoms with Gasteiger partial charge in [0.1, 0.15) is 24.4 Å². The van der Waals surface area contributed by atoms with E-state index in [2.05, 4.69) is 20.9 Å². The Bertz CT molecular complexity index is 838. The number of halogens is 2. The van der Waals surface area contributed by atoms with E-state index in [9.17, 15) is 9.18 Å². The van der Waals surface area contributed by atoms with Crippen molar-refractivity contribution in [3.8, 4) is 17.1 Å². The van der Waals surface area contributed by atoms with E-state index in [0.717, 1.165) is 21.5 Å². The molecule has 1 atom stereocenters. The van der Waals surface area contributed by atoms with Gasteiger partial charge in [0.2, 0.25) is 0 Å². The molecular weight excluding hydrogens is 391 g/mol. The fraction of sp³-hybridized carbons (Fsp3) is 0.412. The summed E-state index contributed by atoms with van der Waals surface area (Å²) in [6.45, 7) is 2.52. The maximum absolute atomic E-state index is 13.5. The second kappa shape index (κ2) is 6.42. The van der Waals surface area contributed by atoms with Crippen molar-refractivity contribution in [3.63, 3.8) is 0 Å². The molecule has 2 aromatic rings. The van der Waals surface area contributed by atoms with Crippen LogP contribution in [0.25, 0.3) is 11.4 Å². The van der Waals surface area contributed by atoms with E-state index in [-0.39, 0.29) is 5.69 Å². The molecular formula is C17H18BrFN4O2. The predicted octanol–water partition coefficient (Wildman–Crippen LogP) is 2.35. The van der Waals surface area contributed by atoms with Crippen LogP contribution in [0.1, 0.15) is 22.6 Å². The Morgan fingerprint density at radius 1 is 1.44 bits per heavy atom. The number of benzene rings is 1. The number of alkyl halides is 1. The van der Waals surface area contributed by atoms with Gasteiger partial charge in [0.05, 0.1) is 17.8 Å². The van der Waals surface area contributed by atoms with Crippen molar-refractivity contribution in [2.24, 2.45) is 5.73 Å². The van der Waals surface area contributed by atoms with E-state index >= 15 is 0 Å². The topological polar surface area (TPSA) is 73.4 Å². The smallest absolute Gasteiger partial charge is 0.269 e. The Balaban J connectivity index is 1.81. The van der Waals surface area contributed by atoms with Gasteiger partial charge in [-0.15, -0.1) is 0 Å². The Morgan fingerprint density at radius 3 is 3.00 bits per heavy atom. The van der Waals surface area contributed by atoms with Crippen molar-refractivity contribution in [1.29, 1.82) is 0 Å². The highest BCUT2D eigenvalue weighted by Gasteiger charge is 2.29. The lowest BCUT2D eigenvalue weighted by Gasteiger charge is -2.17. The van der Waals surface area contributed by atoms with Crippen LogP contribution in [-0.2, 0) is 13.1 Å². The number of aromatic nitrogens is 2. The molecule has 6 nitrogen and oxygen atoms in total. The average molecular weight is 409 g/mol. The number of carbonyl (C=O) groups excluding carboxylic acids is 1. The van der Waals surface area contributed by atoms with Crippen LogP contribution in [0, 0.1) is 0 Å². The summed E-state index contributed by atoms with van der Waals surface area (Å²) in [5, 5.41) is 0. The molecule has 1 unspecified atom stereocenters. The van der Waals surface area contributed by atoms with Gasteiger partial charge in [-0.2, -0.15) is 0 Å². The summed E-state index contributed by atoms with van der Waals surface area (Å²) in [4.78, 5) is 18.5. The SMILES string of the molecule is NC(=O)c1nc2n(c1CN1CCC(F)C1)CCOc1ccc(Br)cc1-2. The van der Waals surface area contributed by atoms with Gasteiger partial charge in [0.25, 0.3) is 5.91 Å². The standard InChI is InChI=1S/C17H18BrFN4O2/c18-10-1-2-14-12(7-10)17-21-15(16(20)24)13(23(17)5-6-25-14)9-22-4-3-11(19)8-22/h1-2,7,11H,3-6,8-9H2,(H2,20,24). The molecule has 1 saturated heterocycles. The van der Waals surface area contributed by atoms with Crippen LogP contribution in [0.2, 0.25) is 0 Å². The number of carbonyl (C=O) groups is 1. The summed E-state index contributed by atoms with van der Waals surface area (Å²) >= 11 is 3.47. The lowest BCUT2D eigenvalue weighted by molar-refractivity contribution is 0.0993. The second-order valence-electron chi connectivity index (χ2n) is 6.36. The van der Waals surface area contributed by atoms with Crippen molar-refractivity contribution in [3.05, 3.63) is 34.1 Å². The van der Waals surface area contributed by atoms with Crippen LogP contribution in [-0.4, -0.2) is 46.2 Å². The van der Waals surface area contributed by atoms with Gasteiger partial charge in [0.15, 0.2) is 5.69 Å². The molecule has 4 rings (SSSR count). The number of hydrogen-bond donors (Lipinski definition) is 1. The summed E-state index contributed by atoms with van der Waals surface area (Å²) in [5.74, 6) is 0.817. The van der Waals surface area contributed by atoms with Gasteiger partial charge in [-0.3, -0.25) is 9.69 Å². The van der Waals surface area contributed by atoms with Crippen molar-refractivity contribution in [2.75, 3.05) is 19.7 Å². The third kappa shape index (κ3) is 3.04. The normalized spacial score (nSPS) is 19.8. The van der Waals surface area contributed by atoms with Gasteiger partial charge >= 0.3 is 0 Å². The first kappa shape index (κ1) is 16.5. The summed E-state index contributed by atoms with van der Waals surface area (Å²) in [7, 11) is 0. The lowest BCUT2D eigenvalue weighted by Crippen LogP contribution is -2.25. The third-order valence-electron chi connectivity index (χ3n) is 4.65. The van der Waals surface area contributed by atoms with Crippen LogP contribution in [0.5, 0.6) is 5.75 Å². The van der Waals surface area contributed by atoms with Gasteiger partial charge in [-0.05, 0) is 24.6 Å². The quantitative estimate of drug-likeness (QED) is 0.845. The highest BCUT2D eigenvalue weighted by Crippen LogP contribution is 2.36. The Hall–Kier alpha value is -1.93. The highest BCUT2D eigenvalue weighted by molar-refractivity contribution is 9.10. The molecule has 1 aromatic carbocycles. The van der Waals surface area contributed by atoms with Gasteiger partial charge in [-0.25, -0.2) is 9.37 Å². The molecule has 0 saturated carbocycles. The van der Waals surface area contributed by atoms with Crippen molar-refractivity contribution < 1.29 is 13.9 Å². The number of nitrogens with two attached hydrogens (primary N) is 1. The second-order valence-corrected chi connectivity index (χ2v) is 7.27. The number of rotatable bonds is 3. The Morgan fingerprint density at radius 2 is 2.28 bits per heavy atom. The number of fused-ring (bicyclic) bond motifs is 3. The first-order chi connectivity index (χ1) is 12.0. The monoisotopic (exact) mass is 408 g/mol. The molecule has 25 heavy (non-hydrogen) atoms. The lowest BCUT2D eigenvalue weighted by atomic mass is 10.2. The van der Waals surface area contributed by atoms with Crippen LogP contribution in [0.15, 0.2) is 22.7 Å². The fourth-order valence-electron chi connectivity index (χ4n) is 3.48. The van der Waals surface area contributed by atoms with Crippen molar-refractivity contribution in [1.82, 2.24) is 14.5 Å². The van der Waals surface area contributed by atoms with Crippen molar-refractivity contribution in [2.45, 2.75) is 25.7 Å². The molecule has 0 radical (unpaired) electrons. The first-order valence-corrected chi connectivity index (χ1v) is 9.00. The number of nitrogens with zero attached hydrogens (tertiary/aromatic N) is 3. The van der Waals surface area contributed by atoms with Crippen LogP contribution < -0.4 is 10.5 Å². The molecule has 2 aliphatic rings. The third-order valence-corrected chi connectivity index (χ3v) is 5.14. The average Bonchev–Trinajstić information content (AvgIpc) is 3.08. The number of primary amides is 1. The molecule has 2 aliphatic heterocycles. The number of likely N-dealkylation sites (tertiary alicyclic amines) is 1. The van der Waals surface area contributed by atoms with E-state index < -0.39 is 12.1 Å². The molecule has 0 aliphatic carbocycles. The summed E-state index contributed by atoms with van der Waals surface area (Å²) < 4.78 is 22.2. The van der Waals surface area contributed by atoms with E-state index in [0.29, 0.717) is 45.0 Å². The number of imidazole rings is 1.